The van der Waals surface area contributed by atoms with Crippen LogP contribution in [0.25, 0.3) is 0 Å². The highest BCUT2D eigenvalue weighted by Crippen LogP contribution is 2.16. The van der Waals surface area contributed by atoms with Crippen LogP contribution in [0.5, 0.6) is 0 Å². The summed E-state index contributed by atoms with van der Waals surface area (Å²) in [4.78, 5) is 12.3. The van der Waals surface area contributed by atoms with Crippen molar-refractivity contribution in [2.75, 3.05) is 19.6 Å². The Bertz CT molecular complexity index is 781. The summed E-state index contributed by atoms with van der Waals surface area (Å²) in [6.07, 6.45) is 0.497. The maximum absolute atomic E-state index is 12.4. The molecule has 2 aromatic rings. The van der Waals surface area contributed by atoms with Crippen LogP contribution in [0.3, 0.4) is 0 Å². The van der Waals surface area contributed by atoms with Crippen molar-refractivity contribution in [3.63, 3.8) is 0 Å². The molecule has 1 aromatic carbocycles. The van der Waals surface area contributed by atoms with Gasteiger partial charge in [0.1, 0.15) is 11.9 Å². The maximum Gasteiger partial charge on any atom is 0.251 e. The molecule has 0 saturated heterocycles. The van der Waals surface area contributed by atoms with Crippen LogP contribution in [0.2, 0.25) is 0 Å². The van der Waals surface area contributed by atoms with E-state index in [-0.39, 0.29) is 11.4 Å². The second-order valence-corrected chi connectivity index (χ2v) is 7.29. The summed E-state index contributed by atoms with van der Waals surface area (Å²) in [5.41, 5.74) is 0.310. The topological polar surface area (TPSA) is 99.9 Å². The number of benzene rings is 1. The van der Waals surface area contributed by atoms with E-state index >= 15 is 0 Å². The molecular formula is C17H22N2O5S. The average Bonchev–Trinajstić information content (AvgIpc) is 3.15. The third-order valence-corrected chi connectivity index (χ3v) is 5.85. The van der Waals surface area contributed by atoms with Crippen LogP contribution < -0.4 is 5.32 Å². The Hall–Kier alpha value is -2.16. The summed E-state index contributed by atoms with van der Waals surface area (Å²) in [6.45, 7) is 4.30. The van der Waals surface area contributed by atoms with Gasteiger partial charge in [0.2, 0.25) is 10.0 Å². The van der Waals surface area contributed by atoms with Crippen molar-refractivity contribution in [3.05, 3.63) is 54.0 Å². The summed E-state index contributed by atoms with van der Waals surface area (Å²) >= 11 is 0. The van der Waals surface area contributed by atoms with E-state index in [1.165, 1.54) is 34.8 Å². The Morgan fingerprint density at radius 2 is 1.84 bits per heavy atom. The number of aliphatic hydroxyl groups is 1. The Morgan fingerprint density at radius 3 is 2.36 bits per heavy atom. The van der Waals surface area contributed by atoms with E-state index in [1.807, 2.05) is 0 Å². The quantitative estimate of drug-likeness (QED) is 0.742. The van der Waals surface area contributed by atoms with Gasteiger partial charge in [0.05, 0.1) is 17.7 Å². The third kappa shape index (κ3) is 4.47. The Balaban J connectivity index is 2.03. The first-order valence-electron chi connectivity index (χ1n) is 8.00. The summed E-state index contributed by atoms with van der Waals surface area (Å²) < 4.78 is 31.2. The highest BCUT2D eigenvalue weighted by molar-refractivity contribution is 7.89. The van der Waals surface area contributed by atoms with Gasteiger partial charge < -0.3 is 14.8 Å². The molecule has 0 fully saturated rings. The Kier molecular flexibility index (Phi) is 6.35. The Labute approximate surface area is 147 Å². The minimum Gasteiger partial charge on any atom is -0.467 e. The molecule has 136 valence electrons. The van der Waals surface area contributed by atoms with Crippen LogP contribution in [-0.2, 0) is 10.0 Å². The molecule has 1 atom stereocenters. The molecule has 0 aliphatic carbocycles. The van der Waals surface area contributed by atoms with Crippen molar-refractivity contribution in [3.8, 4) is 0 Å². The minimum atomic E-state index is -3.55. The molecule has 0 aliphatic rings. The molecule has 25 heavy (non-hydrogen) atoms. The normalized spacial score (nSPS) is 13.0. The van der Waals surface area contributed by atoms with Gasteiger partial charge in [0.25, 0.3) is 5.91 Å². The standard InChI is InChI=1S/C17H22N2O5S/c1-3-19(4-2)25(22,23)14-9-7-13(8-10-14)17(21)18-12-15(20)16-6-5-11-24-16/h5-11,15,20H,3-4,12H2,1-2H3,(H,18,21)/t15-/m0/s1. The van der Waals surface area contributed by atoms with Crippen molar-refractivity contribution < 1.29 is 22.7 Å². The van der Waals surface area contributed by atoms with Crippen molar-refractivity contribution in [2.45, 2.75) is 24.8 Å². The molecule has 0 aliphatic heterocycles. The Morgan fingerprint density at radius 1 is 1.20 bits per heavy atom. The van der Waals surface area contributed by atoms with Crippen LogP contribution in [-0.4, -0.2) is 43.4 Å². The number of hydrogen-bond acceptors (Lipinski definition) is 5. The second kappa shape index (κ2) is 8.28. The number of nitrogens with zero attached hydrogens (tertiary/aromatic N) is 1. The second-order valence-electron chi connectivity index (χ2n) is 5.35. The average molecular weight is 366 g/mol. The lowest BCUT2D eigenvalue weighted by atomic mass is 10.2. The zero-order chi connectivity index (χ0) is 18.4. The van der Waals surface area contributed by atoms with Gasteiger partial charge in [-0.05, 0) is 36.4 Å². The zero-order valence-electron chi connectivity index (χ0n) is 14.2. The van der Waals surface area contributed by atoms with Gasteiger partial charge in [-0.3, -0.25) is 4.79 Å². The lowest BCUT2D eigenvalue weighted by Crippen LogP contribution is -2.31. The highest BCUT2D eigenvalue weighted by Gasteiger charge is 2.21. The molecule has 0 spiro atoms. The molecule has 7 nitrogen and oxygen atoms in total. The monoisotopic (exact) mass is 366 g/mol. The predicted octanol–water partition coefficient (Wildman–Crippen LogP) is 1.77. The van der Waals surface area contributed by atoms with Crippen LogP contribution >= 0.6 is 0 Å². The maximum atomic E-state index is 12.4. The SMILES string of the molecule is CCN(CC)S(=O)(=O)c1ccc(C(=O)NC[C@H](O)c2ccco2)cc1. The minimum absolute atomic E-state index is 0.00809. The number of carbonyl (C=O) groups excluding carboxylic acids is 1. The summed E-state index contributed by atoms with van der Waals surface area (Å²) in [7, 11) is -3.55. The van der Waals surface area contributed by atoms with Gasteiger partial charge in [0, 0.05) is 18.7 Å². The van der Waals surface area contributed by atoms with Crippen LogP contribution in [0, 0.1) is 0 Å². The van der Waals surface area contributed by atoms with E-state index in [9.17, 15) is 18.3 Å². The smallest absolute Gasteiger partial charge is 0.251 e. The first-order chi connectivity index (χ1) is 11.9. The van der Waals surface area contributed by atoms with Crippen molar-refractivity contribution in [2.24, 2.45) is 0 Å². The largest absolute Gasteiger partial charge is 0.467 e. The number of furan rings is 1. The summed E-state index contributed by atoms with van der Waals surface area (Å²) in [5.74, 6) is -0.0432. The number of aliphatic hydroxyl groups excluding tert-OH is 1. The fourth-order valence-electron chi connectivity index (χ4n) is 2.36. The molecule has 0 saturated carbocycles. The number of amides is 1. The molecule has 2 rings (SSSR count). The molecular weight excluding hydrogens is 344 g/mol. The molecule has 1 amide bonds. The van der Waals surface area contributed by atoms with Gasteiger partial charge in [0.15, 0.2) is 0 Å². The molecule has 0 unspecified atom stereocenters. The number of carbonyl (C=O) groups is 1. The zero-order valence-corrected chi connectivity index (χ0v) is 15.0. The van der Waals surface area contributed by atoms with Gasteiger partial charge in [-0.2, -0.15) is 4.31 Å². The van der Waals surface area contributed by atoms with Crippen molar-refractivity contribution >= 4 is 15.9 Å². The van der Waals surface area contributed by atoms with Crippen LogP contribution in [0.15, 0.2) is 52.0 Å². The summed E-state index contributed by atoms with van der Waals surface area (Å²) in [6, 6.07) is 8.98. The fraction of sp³-hybridized carbons (Fsp3) is 0.353. The molecule has 8 heteroatoms. The molecule has 0 bridgehead atoms. The first kappa shape index (κ1) is 19.2. The number of rotatable bonds is 8. The van der Waals surface area contributed by atoms with Crippen LogP contribution in [0.4, 0.5) is 0 Å². The number of hydrogen-bond donors (Lipinski definition) is 2. The third-order valence-electron chi connectivity index (χ3n) is 3.79. The fourth-order valence-corrected chi connectivity index (χ4v) is 3.82. The van der Waals surface area contributed by atoms with Gasteiger partial charge in [-0.25, -0.2) is 8.42 Å². The number of sulfonamides is 1. The lowest BCUT2D eigenvalue weighted by molar-refractivity contribution is 0.0901. The molecule has 1 aromatic heterocycles. The van der Waals surface area contributed by atoms with E-state index in [0.29, 0.717) is 24.4 Å². The van der Waals surface area contributed by atoms with E-state index in [0.717, 1.165) is 0 Å². The highest BCUT2D eigenvalue weighted by atomic mass is 32.2. The molecule has 0 radical (unpaired) electrons. The number of nitrogens with one attached hydrogen (secondary N) is 1. The predicted molar refractivity (Wildman–Crippen MR) is 92.5 cm³/mol. The molecule has 2 N–H and O–H groups in total. The van der Waals surface area contributed by atoms with Gasteiger partial charge in [-0.1, -0.05) is 13.8 Å². The van der Waals surface area contributed by atoms with Gasteiger partial charge >= 0.3 is 0 Å². The lowest BCUT2D eigenvalue weighted by Gasteiger charge is -2.18. The van der Waals surface area contributed by atoms with E-state index < -0.39 is 22.0 Å². The summed E-state index contributed by atoms with van der Waals surface area (Å²) in [5, 5.41) is 12.5. The van der Waals surface area contributed by atoms with Crippen LogP contribution in [0.1, 0.15) is 36.1 Å². The van der Waals surface area contributed by atoms with Crippen molar-refractivity contribution in [1.82, 2.24) is 9.62 Å². The van der Waals surface area contributed by atoms with E-state index in [2.05, 4.69) is 5.32 Å². The van der Waals surface area contributed by atoms with Crippen molar-refractivity contribution in [1.29, 1.82) is 0 Å². The van der Waals surface area contributed by atoms with E-state index in [4.69, 9.17) is 4.42 Å². The van der Waals surface area contributed by atoms with E-state index in [1.54, 1.807) is 26.0 Å². The van der Waals surface area contributed by atoms with Gasteiger partial charge in [-0.15, -0.1) is 0 Å². The first-order valence-corrected chi connectivity index (χ1v) is 9.44. The molecule has 1 heterocycles.